The van der Waals surface area contributed by atoms with Gasteiger partial charge in [-0.05, 0) is 12.8 Å². The van der Waals surface area contributed by atoms with E-state index in [4.69, 9.17) is 5.73 Å². The summed E-state index contributed by atoms with van der Waals surface area (Å²) in [7, 11) is 0. The van der Waals surface area contributed by atoms with Crippen LogP contribution in [-0.2, 0) is 4.79 Å². The van der Waals surface area contributed by atoms with E-state index in [9.17, 15) is 4.79 Å². The number of H-pyrrole nitrogens is 1. The number of anilines is 1. The summed E-state index contributed by atoms with van der Waals surface area (Å²) >= 11 is 0. The van der Waals surface area contributed by atoms with Crippen LogP contribution in [0.1, 0.15) is 25.8 Å². The molecule has 15 heavy (non-hydrogen) atoms. The number of rotatable bonds is 4. The zero-order valence-electron chi connectivity index (χ0n) is 9.37. The standard InChI is InChI=1S/C10H18N4O/c1-6(2)8(11)4-9(15)13-10-7(3)5-12-14-10/h5-6,8H,4,11H2,1-3H3,(H2,12,13,14,15). The van der Waals surface area contributed by atoms with Crippen molar-refractivity contribution >= 4 is 11.7 Å². The Kier molecular flexibility index (Phi) is 3.85. The minimum absolute atomic E-state index is 0.0800. The first kappa shape index (κ1) is 11.7. The number of nitrogens with one attached hydrogen (secondary N) is 2. The quantitative estimate of drug-likeness (QED) is 0.694. The van der Waals surface area contributed by atoms with Crippen LogP contribution in [0.25, 0.3) is 0 Å². The highest BCUT2D eigenvalue weighted by Gasteiger charge is 2.13. The number of aromatic nitrogens is 2. The molecule has 1 unspecified atom stereocenters. The SMILES string of the molecule is Cc1cn[nH]c1NC(=O)CC(N)C(C)C. The van der Waals surface area contributed by atoms with E-state index in [-0.39, 0.29) is 11.9 Å². The number of amides is 1. The lowest BCUT2D eigenvalue weighted by atomic mass is 10.0. The van der Waals surface area contributed by atoms with Crippen LogP contribution in [0.3, 0.4) is 0 Å². The van der Waals surface area contributed by atoms with Gasteiger partial charge < -0.3 is 11.1 Å². The van der Waals surface area contributed by atoms with E-state index in [1.54, 1.807) is 6.20 Å². The van der Waals surface area contributed by atoms with Gasteiger partial charge in [0.1, 0.15) is 5.82 Å². The normalized spacial score (nSPS) is 12.9. The molecular formula is C10H18N4O. The van der Waals surface area contributed by atoms with Gasteiger partial charge in [-0.15, -0.1) is 0 Å². The molecule has 0 fully saturated rings. The number of hydrogen-bond donors (Lipinski definition) is 3. The molecule has 1 aromatic rings. The van der Waals surface area contributed by atoms with Crippen molar-refractivity contribution in [3.63, 3.8) is 0 Å². The molecule has 1 atom stereocenters. The van der Waals surface area contributed by atoms with E-state index < -0.39 is 0 Å². The summed E-state index contributed by atoms with van der Waals surface area (Å²) in [5.74, 6) is 0.873. The Bertz CT molecular complexity index is 332. The molecule has 5 heteroatoms. The van der Waals surface area contributed by atoms with Gasteiger partial charge in [-0.25, -0.2) is 0 Å². The van der Waals surface area contributed by atoms with Crippen molar-refractivity contribution in [2.45, 2.75) is 33.2 Å². The molecule has 84 valence electrons. The van der Waals surface area contributed by atoms with Crippen molar-refractivity contribution in [2.75, 3.05) is 5.32 Å². The number of carbonyl (C=O) groups excluding carboxylic acids is 1. The van der Waals surface area contributed by atoms with Crippen LogP contribution >= 0.6 is 0 Å². The van der Waals surface area contributed by atoms with E-state index >= 15 is 0 Å². The van der Waals surface area contributed by atoms with Crippen LogP contribution in [0.4, 0.5) is 5.82 Å². The van der Waals surface area contributed by atoms with Crippen LogP contribution in [0.2, 0.25) is 0 Å². The molecule has 0 bridgehead atoms. The molecule has 1 rings (SSSR count). The summed E-state index contributed by atoms with van der Waals surface area (Å²) in [6.07, 6.45) is 1.99. The predicted molar refractivity (Wildman–Crippen MR) is 59.4 cm³/mol. The van der Waals surface area contributed by atoms with E-state index in [0.29, 0.717) is 18.2 Å². The van der Waals surface area contributed by atoms with Crippen LogP contribution < -0.4 is 11.1 Å². The first-order valence-electron chi connectivity index (χ1n) is 5.06. The molecular weight excluding hydrogens is 192 g/mol. The molecule has 0 aliphatic carbocycles. The first-order valence-corrected chi connectivity index (χ1v) is 5.06. The maximum Gasteiger partial charge on any atom is 0.227 e. The minimum atomic E-state index is -0.103. The van der Waals surface area contributed by atoms with Gasteiger partial charge in [-0.3, -0.25) is 9.89 Å². The summed E-state index contributed by atoms with van der Waals surface area (Å²) in [5, 5.41) is 9.27. The Labute approximate surface area is 89.4 Å². The van der Waals surface area contributed by atoms with Gasteiger partial charge in [0.25, 0.3) is 0 Å². The van der Waals surface area contributed by atoms with Gasteiger partial charge in [0.15, 0.2) is 0 Å². The van der Waals surface area contributed by atoms with Gasteiger partial charge in [-0.1, -0.05) is 13.8 Å². The van der Waals surface area contributed by atoms with Crippen LogP contribution in [0, 0.1) is 12.8 Å². The number of nitrogens with zero attached hydrogens (tertiary/aromatic N) is 1. The molecule has 1 heterocycles. The molecule has 0 saturated carbocycles. The third kappa shape index (κ3) is 3.36. The Hall–Kier alpha value is -1.36. The van der Waals surface area contributed by atoms with E-state index in [2.05, 4.69) is 15.5 Å². The highest BCUT2D eigenvalue weighted by molar-refractivity contribution is 5.90. The second kappa shape index (κ2) is 4.93. The highest BCUT2D eigenvalue weighted by atomic mass is 16.1. The van der Waals surface area contributed by atoms with Crippen molar-refractivity contribution in [2.24, 2.45) is 11.7 Å². The Morgan fingerprint density at radius 3 is 2.80 bits per heavy atom. The van der Waals surface area contributed by atoms with Gasteiger partial charge in [0.05, 0.1) is 6.20 Å². The van der Waals surface area contributed by atoms with Gasteiger partial charge >= 0.3 is 0 Å². The molecule has 4 N–H and O–H groups in total. The third-order valence-corrected chi connectivity index (χ3v) is 2.37. The summed E-state index contributed by atoms with van der Waals surface area (Å²) in [6, 6.07) is -0.103. The zero-order chi connectivity index (χ0) is 11.4. The van der Waals surface area contributed by atoms with E-state index in [1.165, 1.54) is 0 Å². The van der Waals surface area contributed by atoms with Crippen molar-refractivity contribution in [3.05, 3.63) is 11.8 Å². The van der Waals surface area contributed by atoms with Gasteiger partial charge in [0, 0.05) is 18.0 Å². The monoisotopic (exact) mass is 210 g/mol. The minimum Gasteiger partial charge on any atom is -0.327 e. The lowest BCUT2D eigenvalue weighted by Crippen LogP contribution is -2.31. The van der Waals surface area contributed by atoms with Gasteiger partial charge in [0.2, 0.25) is 5.91 Å². The maximum absolute atomic E-state index is 11.5. The second-order valence-electron chi connectivity index (χ2n) is 4.09. The number of aromatic amines is 1. The molecule has 5 nitrogen and oxygen atoms in total. The predicted octanol–water partition coefficient (Wildman–Crippen LogP) is 1.03. The fourth-order valence-electron chi connectivity index (χ4n) is 1.11. The molecule has 0 spiro atoms. The Morgan fingerprint density at radius 1 is 1.67 bits per heavy atom. The van der Waals surface area contributed by atoms with Crippen LogP contribution in [-0.4, -0.2) is 22.1 Å². The lowest BCUT2D eigenvalue weighted by Gasteiger charge is -2.14. The van der Waals surface area contributed by atoms with E-state index in [0.717, 1.165) is 5.56 Å². The molecule has 1 amide bonds. The van der Waals surface area contributed by atoms with Gasteiger partial charge in [-0.2, -0.15) is 5.10 Å². The Balaban J connectivity index is 2.47. The number of hydrogen-bond acceptors (Lipinski definition) is 3. The fourth-order valence-corrected chi connectivity index (χ4v) is 1.11. The van der Waals surface area contributed by atoms with Crippen LogP contribution in [0.5, 0.6) is 0 Å². The average molecular weight is 210 g/mol. The lowest BCUT2D eigenvalue weighted by molar-refractivity contribution is -0.116. The van der Waals surface area contributed by atoms with Crippen molar-refractivity contribution < 1.29 is 4.79 Å². The topological polar surface area (TPSA) is 83.8 Å². The van der Waals surface area contributed by atoms with Crippen molar-refractivity contribution in [1.82, 2.24) is 10.2 Å². The maximum atomic E-state index is 11.5. The van der Waals surface area contributed by atoms with Crippen molar-refractivity contribution in [3.8, 4) is 0 Å². The second-order valence-corrected chi connectivity index (χ2v) is 4.09. The Morgan fingerprint density at radius 2 is 2.33 bits per heavy atom. The highest BCUT2D eigenvalue weighted by Crippen LogP contribution is 2.10. The molecule has 0 aromatic carbocycles. The average Bonchev–Trinajstić information content (AvgIpc) is 2.51. The molecule has 0 radical (unpaired) electrons. The van der Waals surface area contributed by atoms with E-state index in [1.807, 2.05) is 20.8 Å². The summed E-state index contributed by atoms with van der Waals surface area (Å²) < 4.78 is 0. The first-order chi connectivity index (χ1) is 7.00. The number of nitrogens with two attached hydrogens (primary N) is 1. The largest absolute Gasteiger partial charge is 0.327 e. The molecule has 0 saturated heterocycles. The number of carbonyl (C=O) groups is 1. The van der Waals surface area contributed by atoms with Crippen LogP contribution in [0.15, 0.2) is 6.20 Å². The number of aryl methyl sites for hydroxylation is 1. The fraction of sp³-hybridized carbons (Fsp3) is 0.600. The summed E-state index contributed by atoms with van der Waals surface area (Å²) in [6.45, 7) is 5.88. The third-order valence-electron chi connectivity index (χ3n) is 2.37. The summed E-state index contributed by atoms with van der Waals surface area (Å²) in [5.41, 5.74) is 6.72. The molecule has 1 aromatic heterocycles. The molecule has 0 aliphatic heterocycles. The smallest absolute Gasteiger partial charge is 0.227 e. The zero-order valence-corrected chi connectivity index (χ0v) is 9.37. The molecule has 0 aliphatic rings. The van der Waals surface area contributed by atoms with Crippen molar-refractivity contribution in [1.29, 1.82) is 0 Å². The summed E-state index contributed by atoms with van der Waals surface area (Å²) in [4.78, 5) is 11.5.